The van der Waals surface area contributed by atoms with E-state index in [9.17, 15) is 8.42 Å². The molecule has 0 amide bonds. The molecule has 19 heavy (non-hydrogen) atoms. The molecule has 0 saturated carbocycles. The lowest BCUT2D eigenvalue weighted by atomic mass is 9.92. The van der Waals surface area contributed by atoms with Gasteiger partial charge in [0.2, 0.25) is 10.0 Å². The molecule has 0 saturated heterocycles. The zero-order valence-corrected chi connectivity index (χ0v) is 12.5. The lowest BCUT2D eigenvalue weighted by molar-refractivity contribution is 0.579. The first-order valence-corrected chi connectivity index (χ1v) is 7.93. The average molecular weight is 305 g/mol. The van der Waals surface area contributed by atoms with Crippen LogP contribution in [-0.2, 0) is 22.9 Å². The number of nitrogens with one attached hydrogen (secondary N) is 1. The van der Waals surface area contributed by atoms with E-state index in [2.05, 4.69) is 4.72 Å². The van der Waals surface area contributed by atoms with E-state index in [1.807, 2.05) is 12.1 Å². The molecule has 1 aromatic carbocycles. The normalized spacial score (nSPS) is 14.6. The van der Waals surface area contributed by atoms with Crippen LogP contribution in [0.5, 0.6) is 0 Å². The summed E-state index contributed by atoms with van der Waals surface area (Å²) in [6.45, 7) is 0.891. The number of sulfonamides is 1. The summed E-state index contributed by atoms with van der Waals surface area (Å²) in [7, 11) is -3.37. The molecule has 4 nitrogen and oxygen atoms in total. The van der Waals surface area contributed by atoms with Gasteiger partial charge in [-0.05, 0) is 61.9 Å². The van der Waals surface area contributed by atoms with E-state index in [0.29, 0.717) is 24.4 Å². The van der Waals surface area contributed by atoms with Gasteiger partial charge in [-0.3, -0.25) is 0 Å². The average Bonchev–Trinajstić information content (AvgIpc) is 2.38. The maximum Gasteiger partial charge on any atom is 0.240 e. The van der Waals surface area contributed by atoms with Gasteiger partial charge in [0.25, 0.3) is 0 Å². The van der Waals surface area contributed by atoms with Crippen molar-refractivity contribution in [2.24, 2.45) is 5.73 Å². The van der Waals surface area contributed by atoms with E-state index in [4.69, 9.17) is 5.73 Å². The summed E-state index contributed by atoms with van der Waals surface area (Å²) in [6.07, 6.45) is 5.06. The summed E-state index contributed by atoms with van der Waals surface area (Å²) in [5, 5.41) is 0. The van der Waals surface area contributed by atoms with Gasteiger partial charge in [0.1, 0.15) is 0 Å². The number of hydrogen-bond acceptors (Lipinski definition) is 3. The van der Waals surface area contributed by atoms with Crippen LogP contribution >= 0.6 is 12.4 Å². The van der Waals surface area contributed by atoms with Crippen LogP contribution in [0, 0.1) is 0 Å². The van der Waals surface area contributed by atoms with Crippen LogP contribution in [0.2, 0.25) is 0 Å². The number of nitrogens with two attached hydrogens (primary N) is 1. The van der Waals surface area contributed by atoms with Gasteiger partial charge < -0.3 is 5.73 Å². The Balaban J connectivity index is 0.00000180. The minimum Gasteiger partial charge on any atom is -0.330 e. The van der Waals surface area contributed by atoms with E-state index in [1.54, 1.807) is 6.07 Å². The molecule has 0 fully saturated rings. The van der Waals surface area contributed by atoms with Gasteiger partial charge in [0.05, 0.1) is 4.90 Å². The SMILES string of the molecule is Cl.NCCCNS(=O)(=O)c1ccc2c(c1)CCCC2. The third kappa shape index (κ3) is 4.18. The Hall–Kier alpha value is -0.620. The van der Waals surface area contributed by atoms with Crippen LogP contribution in [-0.4, -0.2) is 21.5 Å². The third-order valence-corrected chi connectivity index (χ3v) is 4.76. The molecule has 0 atom stereocenters. The molecule has 108 valence electrons. The zero-order valence-electron chi connectivity index (χ0n) is 10.9. The lowest BCUT2D eigenvalue weighted by Gasteiger charge is -2.16. The molecule has 1 aliphatic carbocycles. The summed E-state index contributed by atoms with van der Waals surface area (Å²) in [6, 6.07) is 5.47. The van der Waals surface area contributed by atoms with Crippen LogP contribution in [0.25, 0.3) is 0 Å². The van der Waals surface area contributed by atoms with Crippen LogP contribution in [0.1, 0.15) is 30.4 Å². The second-order valence-electron chi connectivity index (χ2n) is 4.68. The van der Waals surface area contributed by atoms with E-state index in [0.717, 1.165) is 19.3 Å². The number of halogens is 1. The van der Waals surface area contributed by atoms with Crippen molar-refractivity contribution in [2.75, 3.05) is 13.1 Å². The predicted octanol–water partition coefficient (Wildman–Crippen LogP) is 1.61. The molecule has 1 aromatic rings. The zero-order chi connectivity index (χ0) is 13.0. The van der Waals surface area contributed by atoms with Crippen molar-refractivity contribution in [3.63, 3.8) is 0 Å². The maximum atomic E-state index is 12.0. The molecule has 0 spiro atoms. The Morgan fingerprint density at radius 3 is 2.53 bits per heavy atom. The van der Waals surface area contributed by atoms with Crippen molar-refractivity contribution in [3.05, 3.63) is 29.3 Å². The first kappa shape index (κ1) is 16.4. The summed E-state index contributed by atoms with van der Waals surface area (Å²) < 4.78 is 26.7. The second-order valence-corrected chi connectivity index (χ2v) is 6.44. The molecule has 1 aliphatic rings. The van der Waals surface area contributed by atoms with Gasteiger partial charge in [0, 0.05) is 6.54 Å². The largest absolute Gasteiger partial charge is 0.330 e. The fourth-order valence-electron chi connectivity index (χ4n) is 2.27. The quantitative estimate of drug-likeness (QED) is 0.812. The van der Waals surface area contributed by atoms with E-state index in [-0.39, 0.29) is 12.4 Å². The molecular weight excluding hydrogens is 284 g/mol. The van der Waals surface area contributed by atoms with Crippen molar-refractivity contribution in [3.8, 4) is 0 Å². The van der Waals surface area contributed by atoms with Gasteiger partial charge in [-0.15, -0.1) is 12.4 Å². The van der Waals surface area contributed by atoms with Gasteiger partial charge >= 0.3 is 0 Å². The molecule has 0 aromatic heterocycles. The van der Waals surface area contributed by atoms with E-state index < -0.39 is 10.0 Å². The van der Waals surface area contributed by atoms with Crippen molar-refractivity contribution >= 4 is 22.4 Å². The van der Waals surface area contributed by atoms with E-state index in [1.165, 1.54) is 17.5 Å². The lowest BCUT2D eigenvalue weighted by Crippen LogP contribution is -2.26. The van der Waals surface area contributed by atoms with Gasteiger partial charge in [-0.2, -0.15) is 0 Å². The highest BCUT2D eigenvalue weighted by molar-refractivity contribution is 7.89. The molecule has 6 heteroatoms. The summed E-state index contributed by atoms with van der Waals surface area (Å²) in [5.74, 6) is 0. The predicted molar refractivity (Wildman–Crippen MR) is 79.2 cm³/mol. The standard InChI is InChI=1S/C13H20N2O2S.ClH/c14-8-3-9-15-18(16,17)13-7-6-11-4-1-2-5-12(11)10-13;/h6-7,10,15H,1-5,8-9,14H2;1H. The van der Waals surface area contributed by atoms with Crippen LogP contribution < -0.4 is 10.5 Å². The monoisotopic (exact) mass is 304 g/mol. The number of rotatable bonds is 5. The van der Waals surface area contributed by atoms with E-state index >= 15 is 0 Å². The molecule has 2 rings (SSSR count). The van der Waals surface area contributed by atoms with Gasteiger partial charge in [-0.1, -0.05) is 6.07 Å². The number of fused-ring (bicyclic) bond motifs is 1. The van der Waals surface area contributed by atoms with Crippen molar-refractivity contribution in [1.82, 2.24) is 4.72 Å². The Morgan fingerprint density at radius 1 is 1.16 bits per heavy atom. The third-order valence-electron chi connectivity index (χ3n) is 3.30. The molecule has 0 radical (unpaired) electrons. The maximum absolute atomic E-state index is 12.0. The van der Waals surface area contributed by atoms with Crippen LogP contribution in [0.3, 0.4) is 0 Å². The van der Waals surface area contributed by atoms with Gasteiger partial charge in [-0.25, -0.2) is 13.1 Å². The summed E-state index contributed by atoms with van der Waals surface area (Å²) in [4.78, 5) is 0.375. The van der Waals surface area contributed by atoms with Crippen LogP contribution in [0.15, 0.2) is 23.1 Å². The topological polar surface area (TPSA) is 72.2 Å². The molecule has 0 unspecified atom stereocenters. The summed E-state index contributed by atoms with van der Waals surface area (Å²) >= 11 is 0. The first-order chi connectivity index (χ1) is 8.63. The Kier molecular flexibility index (Phi) is 6.26. The molecular formula is C13H21ClN2O2S. The highest BCUT2D eigenvalue weighted by atomic mass is 35.5. The highest BCUT2D eigenvalue weighted by Crippen LogP contribution is 2.23. The van der Waals surface area contributed by atoms with Crippen molar-refractivity contribution in [1.29, 1.82) is 0 Å². The smallest absolute Gasteiger partial charge is 0.240 e. The fourth-order valence-corrected chi connectivity index (χ4v) is 3.39. The first-order valence-electron chi connectivity index (χ1n) is 6.45. The Morgan fingerprint density at radius 2 is 1.84 bits per heavy atom. The number of benzene rings is 1. The minimum atomic E-state index is -3.37. The summed E-state index contributed by atoms with van der Waals surface area (Å²) in [5.41, 5.74) is 7.83. The number of aryl methyl sites for hydroxylation is 2. The molecule has 0 heterocycles. The van der Waals surface area contributed by atoms with Crippen molar-refractivity contribution < 1.29 is 8.42 Å². The number of hydrogen-bond donors (Lipinski definition) is 2. The molecule has 0 aliphatic heterocycles. The Bertz CT molecular complexity index is 517. The second kappa shape index (κ2) is 7.24. The molecule has 0 bridgehead atoms. The highest BCUT2D eigenvalue weighted by Gasteiger charge is 2.16. The fraction of sp³-hybridized carbons (Fsp3) is 0.538. The minimum absolute atomic E-state index is 0. The van der Waals surface area contributed by atoms with Crippen molar-refractivity contribution in [2.45, 2.75) is 37.0 Å². The van der Waals surface area contributed by atoms with Crippen LogP contribution in [0.4, 0.5) is 0 Å². The Labute approximate surface area is 121 Å². The molecule has 3 N–H and O–H groups in total. The van der Waals surface area contributed by atoms with Gasteiger partial charge in [0.15, 0.2) is 0 Å².